The van der Waals surface area contributed by atoms with Crippen LogP contribution < -0.4 is 0 Å². The van der Waals surface area contributed by atoms with Crippen molar-refractivity contribution in [2.75, 3.05) is 0 Å². The van der Waals surface area contributed by atoms with Crippen LogP contribution in [0.15, 0.2) is 47.4 Å². The zero-order valence-electron chi connectivity index (χ0n) is 8.03. The van der Waals surface area contributed by atoms with E-state index in [0.29, 0.717) is 0 Å². The molecule has 2 aromatic carbocycles. The number of fused-ring (bicyclic) bond motifs is 3. The van der Waals surface area contributed by atoms with Crippen molar-refractivity contribution in [3.05, 3.63) is 53.6 Å². The summed E-state index contributed by atoms with van der Waals surface area (Å²) in [6, 6.07) is 14.9. The third kappa shape index (κ3) is 1.38. The van der Waals surface area contributed by atoms with Gasteiger partial charge in [-0.15, -0.1) is 0 Å². The van der Waals surface area contributed by atoms with Gasteiger partial charge in [-0.05, 0) is 56.4 Å². The molecule has 1 aliphatic rings. The van der Waals surface area contributed by atoms with Crippen molar-refractivity contribution in [2.45, 2.75) is 11.3 Å². The summed E-state index contributed by atoms with van der Waals surface area (Å²) in [5.74, 6) is 0. The lowest BCUT2D eigenvalue weighted by atomic mass is 10.1. The second kappa shape index (κ2) is 3.58. The second-order valence-electron chi connectivity index (χ2n) is 3.69. The fraction of sp³-hybridized carbons (Fsp3) is 0.0769. The first-order valence-electron chi connectivity index (χ1n) is 4.89. The molecule has 74 valence electrons. The Morgan fingerprint density at radius 2 is 1.73 bits per heavy atom. The molecule has 0 aliphatic heterocycles. The van der Waals surface area contributed by atoms with Gasteiger partial charge in [0.15, 0.2) is 0 Å². The smallest absolute Gasteiger partial charge is 0.0274 e. The lowest BCUT2D eigenvalue weighted by Crippen LogP contribution is -1.82. The molecule has 0 unspecified atom stereocenters. The molecule has 0 aromatic heterocycles. The minimum Gasteiger partial charge on any atom is -0.0619 e. The Kier molecular flexibility index (Phi) is 2.23. The van der Waals surface area contributed by atoms with E-state index in [1.54, 1.807) is 0 Å². The molecule has 0 heterocycles. The summed E-state index contributed by atoms with van der Waals surface area (Å²) in [5.41, 5.74) is 5.49. The Hall–Kier alpha value is -0.920. The van der Waals surface area contributed by atoms with Gasteiger partial charge in [-0.1, -0.05) is 36.4 Å². The maximum absolute atomic E-state index is 5.87. The molecule has 2 aromatic rings. The summed E-state index contributed by atoms with van der Waals surface area (Å²) >= 11 is 0. The highest BCUT2D eigenvalue weighted by Gasteiger charge is 2.19. The predicted octanol–water partition coefficient (Wildman–Crippen LogP) is 4.50. The van der Waals surface area contributed by atoms with Crippen LogP contribution in [0.1, 0.15) is 11.1 Å². The second-order valence-corrected chi connectivity index (χ2v) is 4.75. The van der Waals surface area contributed by atoms with E-state index in [1.165, 1.54) is 38.1 Å². The van der Waals surface area contributed by atoms with Gasteiger partial charge in [0.25, 0.3) is 0 Å². The standard InChI is InChI=1S/C13H9ClS/c14-15-13-7-3-6-11-10-5-2-1-4-9(10)8-12(11)13/h1-7H,8H2. The zero-order valence-corrected chi connectivity index (χ0v) is 9.61. The monoisotopic (exact) mass is 232 g/mol. The molecule has 0 spiro atoms. The molecule has 0 saturated heterocycles. The highest BCUT2D eigenvalue weighted by Crippen LogP contribution is 2.41. The Morgan fingerprint density at radius 3 is 2.60 bits per heavy atom. The molecule has 0 bridgehead atoms. The van der Waals surface area contributed by atoms with Gasteiger partial charge in [0.05, 0.1) is 0 Å². The van der Waals surface area contributed by atoms with Gasteiger partial charge in [-0.2, -0.15) is 0 Å². The Labute approximate surface area is 97.8 Å². The van der Waals surface area contributed by atoms with Gasteiger partial charge in [0, 0.05) is 4.90 Å². The summed E-state index contributed by atoms with van der Waals surface area (Å²) in [6.45, 7) is 0. The van der Waals surface area contributed by atoms with Crippen molar-refractivity contribution >= 4 is 21.7 Å². The maximum Gasteiger partial charge on any atom is 0.0274 e. The van der Waals surface area contributed by atoms with Crippen LogP contribution in [0, 0.1) is 0 Å². The molecule has 0 atom stereocenters. The van der Waals surface area contributed by atoms with Crippen molar-refractivity contribution in [3.8, 4) is 11.1 Å². The summed E-state index contributed by atoms with van der Waals surface area (Å²) < 4.78 is 0. The van der Waals surface area contributed by atoms with Gasteiger partial charge in [-0.3, -0.25) is 0 Å². The molecule has 0 saturated carbocycles. The van der Waals surface area contributed by atoms with Gasteiger partial charge in [-0.25, -0.2) is 0 Å². The molecule has 0 nitrogen and oxygen atoms in total. The first-order chi connectivity index (χ1) is 7.40. The molecule has 15 heavy (non-hydrogen) atoms. The largest absolute Gasteiger partial charge is 0.0619 e. The van der Waals surface area contributed by atoms with E-state index in [1.807, 2.05) is 0 Å². The fourth-order valence-corrected chi connectivity index (χ4v) is 3.04. The Balaban J connectivity index is 2.26. The first-order valence-corrected chi connectivity index (χ1v) is 6.53. The minimum atomic E-state index is 1.02. The van der Waals surface area contributed by atoms with Crippen molar-refractivity contribution < 1.29 is 0 Å². The normalized spacial score (nSPS) is 12.3. The van der Waals surface area contributed by atoms with Crippen LogP contribution in [0.5, 0.6) is 0 Å². The van der Waals surface area contributed by atoms with Crippen LogP contribution >= 0.6 is 21.7 Å². The van der Waals surface area contributed by atoms with Crippen LogP contribution in [0.4, 0.5) is 0 Å². The van der Waals surface area contributed by atoms with E-state index in [0.717, 1.165) is 6.42 Å². The predicted molar refractivity (Wildman–Crippen MR) is 66.4 cm³/mol. The number of hydrogen-bond acceptors (Lipinski definition) is 1. The van der Waals surface area contributed by atoms with E-state index in [9.17, 15) is 0 Å². The highest BCUT2D eigenvalue weighted by molar-refractivity contribution is 8.21. The van der Waals surface area contributed by atoms with Crippen LogP contribution in [-0.2, 0) is 6.42 Å². The maximum atomic E-state index is 5.87. The quantitative estimate of drug-likeness (QED) is 0.595. The number of benzene rings is 2. The molecule has 0 N–H and O–H groups in total. The SMILES string of the molecule is ClSc1cccc2c1Cc1ccccc1-2. The van der Waals surface area contributed by atoms with E-state index in [-0.39, 0.29) is 0 Å². The van der Waals surface area contributed by atoms with E-state index in [4.69, 9.17) is 10.7 Å². The van der Waals surface area contributed by atoms with E-state index >= 15 is 0 Å². The first kappa shape index (κ1) is 9.32. The lowest BCUT2D eigenvalue weighted by molar-refractivity contribution is 1.19. The summed E-state index contributed by atoms with van der Waals surface area (Å²) in [6.07, 6.45) is 1.02. The van der Waals surface area contributed by atoms with Gasteiger partial charge in [0.2, 0.25) is 0 Å². The van der Waals surface area contributed by atoms with E-state index in [2.05, 4.69) is 42.5 Å². The van der Waals surface area contributed by atoms with Gasteiger partial charge >= 0.3 is 0 Å². The zero-order chi connectivity index (χ0) is 10.3. The van der Waals surface area contributed by atoms with Crippen LogP contribution in [0.25, 0.3) is 11.1 Å². The van der Waals surface area contributed by atoms with Gasteiger partial charge < -0.3 is 0 Å². The molecule has 2 heteroatoms. The Bertz CT molecular complexity index is 520. The summed E-state index contributed by atoms with van der Waals surface area (Å²) in [5, 5.41) is 0. The molecule has 3 rings (SSSR count). The van der Waals surface area contributed by atoms with Crippen molar-refractivity contribution in [1.82, 2.24) is 0 Å². The third-order valence-corrected chi connectivity index (χ3v) is 3.94. The topological polar surface area (TPSA) is 0 Å². The lowest BCUT2D eigenvalue weighted by Gasteiger charge is -2.03. The molecular weight excluding hydrogens is 224 g/mol. The van der Waals surface area contributed by atoms with Crippen LogP contribution in [0.2, 0.25) is 0 Å². The van der Waals surface area contributed by atoms with Crippen LogP contribution in [0.3, 0.4) is 0 Å². The molecular formula is C13H9ClS. The molecule has 0 radical (unpaired) electrons. The molecule has 0 amide bonds. The molecule has 0 fully saturated rings. The van der Waals surface area contributed by atoms with Crippen molar-refractivity contribution in [2.24, 2.45) is 0 Å². The van der Waals surface area contributed by atoms with Crippen molar-refractivity contribution in [1.29, 1.82) is 0 Å². The Morgan fingerprint density at radius 1 is 0.933 bits per heavy atom. The molecule has 1 aliphatic carbocycles. The van der Waals surface area contributed by atoms with E-state index < -0.39 is 0 Å². The fourth-order valence-electron chi connectivity index (χ4n) is 2.20. The third-order valence-electron chi connectivity index (χ3n) is 2.89. The summed E-state index contributed by atoms with van der Waals surface area (Å²) in [7, 11) is 7.19. The minimum absolute atomic E-state index is 1.02. The van der Waals surface area contributed by atoms with Gasteiger partial charge in [0.1, 0.15) is 0 Å². The highest BCUT2D eigenvalue weighted by atomic mass is 35.7. The number of rotatable bonds is 1. The summed E-state index contributed by atoms with van der Waals surface area (Å²) in [4.78, 5) is 1.19. The number of hydrogen-bond donors (Lipinski definition) is 0. The van der Waals surface area contributed by atoms with Crippen molar-refractivity contribution in [3.63, 3.8) is 0 Å². The number of halogens is 1. The average Bonchev–Trinajstić information content (AvgIpc) is 2.67. The van der Waals surface area contributed by atoms with Crippen LogP contribution in [-0.4, -0.2) is 0 Å². The average molecular weight is 233 g/mol.